The molecule has 19 heavy (non-hydrogen) atoms. The smallest absolute Gasteiger partial charge is 0.225 e. The number of nitrogens with zero attached hydrogens (tertiary/aromatic N) is 1. The van der Waals surface area contributed by atoms with Crippen molar-refractivity contribution in [1.82, 2.24) is 4.98 Å². The maximum Gasteiger partial charge on any atom is 0.225 e. The van der Waals surface area contributed by atoms with Crippen molar-refractivity contribution in [3.63, 3.8) is 0 Å². The van der Waals surface area contributed by atoms with E-state index >= 15 is 0 Å². The Morgan fingerprint density at radius 1 is 1.32 bits per heavy atom. The average Bonchev–Trinajstić information content (AvgIpc) is 2.82. The van der Waals surface area contributed by atoms with Gasteiger partial charge in [0.05, 0.1) is 5.69 Å². The molecule has 0 saturated carbocycles. The fourth-order valence-electron chi connectivity index (χ4n) is 1.69. The minimum absolute atomic E-state index is 0.00115. The number of anilines is 1. The van der Waals surface area contributed by atoms with E-state index < -0.39 is 0 Å². The van der Waals surface area contributed by atoms with Crippen LogP contribution in [-0.2, 0) is 11.2 Å². The highest BCUT2D eigenvalue weighted by molar-refractivity contribution is 9.10. The molecule has 5 heteroatoms. The lowest BCUT2D eigenvalue weighted by atomic mass is 10.1. The molecule has 3 nitrogen and oxygen atoms in total. The molecule has 0 aliphatic carbocycles. The third kappa shape index (κ3) is 3.42. The number of benzene rings is 1. The molecular formula is C14H15BrN2OS. The molecule has 0 spiro atoms. The quantitative estimate of drug-likeness (QED) is 0.892. The highest BCUT2D eigenvalue weighted by Gasteiger charge is 2.13. The molecule has 0 bridgehead atoms. The van der Waals surface area contributed by atoms with Gasteiger partial charge in [0.15, 0.2) is 5.13 Å². The van der Waals surface area contributed by atoms with Gasteiger partial charge < -0.3 is 5.32 Å². The van der Waals surface area contributed by atoms with Crippen LogP contribution in [-0.4, -0.2) is 10.9 Å². The molecule has 0 radical (unpaired) electrons. The van der Waals surface area contributed by atoms with Crippen LogP contribution in [0.25, 0.3) is 11.3 Å². The van der Waals surface area contributed by atoms with E-state index in [9.17, 15) is 4.79 Å². The van der Waals surface area contributed by atoms with Crippen LogP contribution in [0.15, 0.2) is 28.7 Å². The van der Waals surface area contributed by atoms with E-state index in [-0.39, 0.29) is 5.91 Å². The zero-order valence-corrected chi connectivity index (χ0v) is 13.3. The number of carbonyl (C=O) groups is 1. The average molecular weight is 339 g/mol. The van der Waals surface area contributed by atoms with Gasteiger partial charge in [-0.2, -0.15) is 0 Å². The molecule has 2 aromatic rings. The topological polar surface area (TPSA) is 42.0 Å². The number of halogens is 1. The van der Waals surface area contributed by atoms with E-state index in [0.717, 1.165) is 22.2 Å². The Labute approximate surface area is 125 Å². The van der Waals surface area contributed by atoms with Crippen LogP contribution >= 0.6 is 27.3 Å². The Kier molecular flexibility index (Phi) is 4.71. The van der Waals surface area contributed by atoms with Crippen LogP contribution in [0.3, 0.4) is 0 Å². The lowest BCUT2D eigenvalue weighted by molar-refractivity contribution is -0.115. The first kappa shape index (κ1) is 14.2. The SMILES string of the molecule is CCC(=O)Nc1nc(-c2ccc(Br)cc2)c(CC)s1. The van der Waals surface area contributed by atoms with E-state index in [1.54, 1.807) is 11.3 Å². The summed E-state index contributed by atoms with van der Waals surface area (Å²) in [5.74, 6) is -0.00115. The van der Waals surface area contributed by atoms with Gasteiger partial charge in [-0.15, -0.1) is 11.3 Å². The zero-order valence-electron chi connectivity index (χ0n) is 10.9. The van der Waals surface area contributed by atoms with Gasteiger partial charge in [0.1, 0.15) is 0 Å². The molecule has 1 N–H and O–H groups in total. The summed E-state index contributed by atoms with van der Waals surface area (Å²) in [5, 5.41) is 3.51. The predicted molar refractivity (Wildman–Crippen MR) is 83.5 cm³/mol. The van der Waals surface area contributed by atoms with Gasteiger partial charge in [0.25, 0.3) is 0 Å². The summed E-state index contributed by atoms with van der Waals surface area (Å²) in [6.45, 7) is 3.93. The number of hydrogen-bond acceptors (Lipinski definition) is 3. The third-order valence-electron chi connectivity index (χ3n) is 2.70. The second kappa shape index (κ2) is 6.30. The summed E-state index contributed by atoms with van der Waals surface area (Å²) in [4.78, 5) is 17.1. The summed E-state index contributed by atoms with van der Waals surface area (Å²) in [6, 6.07) is 8.06. The number of thiazole rings is 1. The minimum atomic E-state index is -0.00115. The molecular weight excluding hydrogens is 324 g/mol. The van der Waals surface area contributed by atoms with Crippen LogP contribution in [0.1, 0.15) is 25.1 Å². The van der Waals surface area contributed by atoms with Crippen LogP contribution < -0.4 is 5.32 Å². The van der Waals surface area contributed by atoms with Gasteiger partial charge in [-0.3, -0.25) is 4.79 Å². The molecule has 1 heterocycles. The maximum atomic E-state index is 11.4. The van der Waals surface area contributed by atoms with Gasteiger partial charge in [0.2, 0.25) is 5.91 Å². The predicted octanol–water partition coefficient (Wildman–Crippen LogP) is 4.48. The van der Waals surface area contributed by atoms with Gasteiger partial charge >= 0.3 is 0 Å². The van der Waals surface area contributed by atoms with Gasteiger partial charge in [-0.05, 0) is 18.6 Å². The van der Waals surface area contributed by atoms with Gasteiger partial charge in [0, 0.05) is 21.3 Å². The van der Waals surface area contributed by atoms with Gasteiger partial charge in [-0.25, -0.2) is 4.98 Å². The molecule has 1 aromatic carbocycles. The Hall–Kier alpha value is -1.20. The summed E-state index contributed by atoms with van der Waals surface area (Å²) in [7, 11) is 0. The number of carbonyl (C=O) groups excluding carboxylic acids is 1. The number of rotatable bonds is 4. The fraction of sp³-hybridized carbons (Fsp3) is 0.286. The summed E-state index contributed by atoms with van der Waals surface area (Å²) in [5.41, 5.74) is 2.04. The molecule has 1 aromatic heterocycles. The van der Waals surface area contributed by atoms with Crippen molar-refractivity contribution in [3.8, 4) is 11.3 Å². The maximum absolute atomic E-state index is 11.4. The Morgan fingerprint density at radius 2 is 2.00 bits per heavy atom. The first-order valence-corrected chi connectivity index (χ1v) is 7.80. The lowest BCUT2D eigenvalue weighted by Gasteiger charge is -2.00. The van der Waals surface area contributed by atoms with Crippen LogP contribution in [0.5, 0.6) is 0 Å². The molecule has 0 atom stereocenters. The highest BCUT2D eigenvalue weighted by Crippen LogP contribution is 2.32. The number of hydrogen-bond donors (Lipinski definition) is 1. The molecule has 0 fully saturated rings. The number of aromatic nitrogens is 1. The van der Waals surface area contributed by atoms with Crippen molar-refractivity contribution in [3.05, 3.63) is 33.6 Å². The van der Waals surface area contributed by atoms with Gasteiger partial charge in [-0.1, -0.05) is 41.9 Å². The van der Waals surface area contributed by atoms with E-state index in [0.29, 0.717) is 11.6 Å². The van der Waals surface area contributed by atoms with Crippen molar-refractivity contribution in [2.24, 2.45) is 0 Å². The lowest BCUT2D eigenvalue weighted by Crippen LogP contribution is -2.08. The molecule has 0 unspecified atom stereocenters. The number of nitrogens with one attached hydrogen (secondary N) is 1. The molecule has 0 aliphatic rings. The third-order valence-corrected chi connectivity index (χ3v) is 4.35. The van der Waals surface area contributed by atoms with Crippen molar-refractivity contribution in [2.45, 2.75) is 26.7 Å². The second-order valence-electron chi connectivity index (χ2n) is 4.05. The Bertz CT molecular complexity index is 578. The number of amides is 1. The zero-order chi connectivity index (χ0) is 13.8. The van der Waals surface area contributed by atoms with E-state index in [4.69, 9.17) is 0 Å². The Balaban J connectivity index is 2.34. The van der Waals surface area contributed by atoms with Crippen molar-refractivity contribution in [2.75, 3.05) is 5.32 Å². The minimum Gasteiger partial charge on any atom is -0.302 e. The molecule has 0 aliphatic heterocycles. The molecule has 2 rings (SSSR count). The normalized spacial score (nSPS) is 10.5. The van der Waals surface area contributed by atoms with Crippen LogP contribution in [0.2, 0.25) is 0 Å². The van der Waals surface area contributed by atoms with E-state index in [2.05, 4.69) is 33.2 Å². The molecule has 100 valence electrons. The fourth-order valence-corrected chi connectivity index (χ4v) is 2.89. The first-order valence-electron chi connectivity index (χ1n) is 6.19. The Morgan fingerprint density at radius 3 is 2.58 bits per heavy atom. The van der Waals surface area contributed by atoms with Crippen LogP contribution in [0.4, 0.5) is 5.13 Å². The summed E-state index contributed by atoms with van der Waals surface area (Å²) in [6.07, 6.45) is 1.37. The molecule has 1 amide bonds. The first-order chi connectivity index (χ1) is 9.13. The van der Waals surface area contributed by atoms with Crippen molar-refractivity contribution in [1.29, 1.82) is 0 Å². The highest BCUT2D eigenvalue weighted by atomic mass is 79.9. The van der Waals surface area contributed by atoms with E-state index in [1.165, 1.54) is 4.88 Å². The standard InChI is InChI=1S/C14H15BrN2OS/c1-3-11-13(9-5-7-10(15)8-6-9)17-14(19-11)16-12(18)4-2/h5-8H,3-4H2,1-2H3,(H,16,17,18). The largest absolute Gasteiger partial charge is 0.302 e. The van der Waals surface area contributed by atoms with E-state index in [1.807, 2.05) is 31.2 Å². The summed E-state index contributed by atoms with van der Waals surface area (Å²) >= 11 is 4.97. The van der Waals surface area contributed by atoms with Crippen LogP contribution in [0, 0.1) is 0 Å². The summed E-state index contributed by atoms with van der Waals surface area (Å²) < 4.78 is 1.05. The van der Waals surface area contributed by atoms with Crippen molar-refractivity contribution >= 4 is 38.3 Å². The number of aryl methyl sites for hydroxylation is 1. The monoisotopic (exact) mass is 338 g/mol. The van der Waals surface area contributed by atoms with Crippen molar-refractivity contribution < 1.29 is 4.79 Å². The second-order valence-corrected chi connectivity index (χ2v) is 6.05. The molecule has 0 saturated heterocycles.